The monoisotopic (exact) mass is 310 g/mol. The van der Waals surface area contributed by atoms with E-state index in [1.165, 1.54) is 11.1 Å². The number of hydrogen-bond donors (Lipinski definition) is 0. The Labute approximate surface area is 133 Å². The minimum absolute atomic E-state index is 0.183. The van der Waals surface area contributed by atoms with Gasteiger partial charge >= 0.3 is 0 Å². The highest BCUT2D eigenvalue weighted by molar-refractivity contribution is 8.23. The van der Waals surface area contributed by atoms with Crippen molar-refractivity contribution in [2.45, 2.75) is 5.25 Å². The molecule has 104 valence electrons. The standard InChI is InChI=1S/C17H14N2S2/c20-17(19-12-11-18-13-19)21-16(14-7-3-1-4-8-14)15-9-5-2-6-10-15/h1-13,16H. The van der Waals surface area contributed by atoms with Crippen LogP contribution in [-0.2, 0) is 0 Å². The highest BCUT2D eigenvalue weighted by atomic mass is 32.2. The summed E-state index contributed by atoms with van der Waals surface area (Å²) in [6.45, 7) is 0. The molecule has 0 unspecified atom stereocenters. The third-order valence-corrected chi connectivity index (χ3v) is 4.83. The molecule has 0 bridgehead atoms. The van der Waals surface area contributed by atoms with E-state index in [0.29, 0.717) is 0 Å². The topological polar surface area (TPSA) is 17.8 Å². The zero-order chi connectivity index (χ0) is 14.5. The maximum absolute atomic E-state index is 5.54. The molecule has 2 nitrogen and oxygen atoms in total. The van der Waals surface area contributed by atoms with Gasteiger partial charge in [-0.25, -0.2) is 4.98 Å². The number of imidazole rings is 1. The molecule has 0 radical (unpaired) electrons. The highest BCUT2D eigenvalue weighted by Gasteiger charge is 2.17. The summed E-state index contributed by atoms with van der Waals surface area (Å²) in [4.78, 5) is 4.06. The molecule has 0 spiro atoms. The fourth-order valence-electron chi connectivity index (χ4n) is 2.11. The Morgan fingerprint density at radius 1 is 0.952 bits per heavy atom. The molecule has 2 aromatic carbocycles. The molecule has 0 saturated heterocycles. The summed E-state index contributed by atoms with van der Waals surface area (Å²) in [6.07, 6.45) is 5.36. The quantitative estimate of drug-likeness (QED) is 0.662. The molecule has 3 aromatic rings. The first-order chi connectivity index (χ1) is 10.3. The van der Waals surface area contributed by atoms with E-state index >= 15 is 0 Å². The van der Waals surface area contributed by atoms with Crippen molar-refractivity contribution < 1.29 is 0 Å². The van der Waals surface area contributed by atoms with Gasteiger partial charge in [0.1, 0.15) is 10.6 Å². The normalized spacial score (nSPS) is 10.7. The lowest BCUT2D eigenvalue weighted by Crippen LogP contribution is -2.06. The van der Waals surface area contributed by atoms with Gasteiger partial charge in [-0.05, 0) is 11.1 Å². The first-order valence-electron chi connectivity index (χ1n) is 6.63. The number of benzene rings is 2. The second-order valence-electron chi connectivity index (χ2n) is 4.56. The molecule has 0 aliphatic heterocycles. The summed E-state index contributed by atoms with van der Waals surface area (Å²) in [7, 11) is 0. The van der Waals surface area contributed by atoms with Crippen LogP contribution in [0.1, 0.15) is 16.4 Å². The van der Waals surface area contributed by atoms with Crippen molar-refractivity contribution in [1.29, 1.82) is 0 Å². The molecule has 1 aromatic heterocycles. The zero-order valence-corrected chi connectivity index (χ0v) is 12.9. The molecular formula is C17H14N2S2. The number of aromatic nitrogens is 2. The molecule has 0 aliphatic carbocycles. The molecule has 0 atom stereocenters. The van der Waals surface area contributed by atoms with Gasteiger partial charge in [0.05, 0.1) is 5.25 Å². The molecular weight excluding hydrogens is 296 g/mol. The van der Waals surface area contributed by atoms with Crippen molar-refractivity contribution in [2.75, 3.05) is 0 Å². The van der Waals surface area contributed by atoms with E-state index in [1.54, 1.807) is 24.3 Å². The van der Waals surface area contributed by atoms with Crippen molar-refractivity contribution >= 4 is 28.3 Å². The molecule has 0 saturated carbocycles. The summed E-state index contributed by atoms with van der Waals surface area (Å²) < 4.78 is 2.67. The van der Waals surface area contributed by atoms with E-state index in [1.807, 2.05) is 22.9 Å². The second kappa shape index (κ2) is 6.70. The van der Waals surface area contributed by atoms with Gasteiger partial charge in [0, 0.05) is 12.4 Å². The lowest BCUT2D eigenvalue weighted by molar-refractivity contribution is 1.15. The fourth-order valence-corrected chi connectivity index (χ4v) is 3.53. The van der Waals surface area contributed by atoms with Crippen LogP contribution in [0.3, 0.4) is 0 Å². The van der Waals surface area contributed by atoms with E-state index in [-0.39, 0.29) is 5.25 Å². The van der Waals surface area contributed by atoms with E-state index in [4.69, 9.17) is 12.2 Å². The molecule has 0 aliphatic rings. The fraction of sp³-hybridized carbons (Fsp3) is 0.0588. The van der Waals surface area contributed by atoms with Crippen molar-refractivity contribution in [2.24, 2.45) is 0 Å². The van der Waals surface area contributed by atoms with Crippen LogP contribution in [0.15, 0.2) is 79.4 Å². The van der Waals surface area contributed by atoms with Crippen LogP contribution in [0, 0.1) is 0 Å². The Morgan fingerprint density at radius 3 is 2.00 bits per heavy atom. The van der Waals surface area contributed by atoms with E-state index < -0.39 is 0 Å². The van der Waals surface area contributed by atoms with Crippen LogP contribution in [0.5, 0.6) is 0 Å². The predicted octanol–water partition coefficient (Wildman–Crippen LogP) is 4.54. The van der Waals surface area contributed by atoms with Crippen LogP contribution >= 0.6 is 24.0 Å². The minimum Gasteiger partial charge on any atom is -0.291 e. The highest BCUT2D eigenvalue weighted by Crippen LogP contribution is 2.36. The third-order valence-electron chi connectivity index (χ3n) is 3.14. The number of hydrogen-bond acceptors (Lipinski definition) is 3. The third kappa shape index (κ3) is 3.40. The first kappa shape index (κ1) is 14.0. The van der Waals surface area contributed by atoms with Gasteiger partial charge in [0.15, 0.2) is 0 Å². The zero-order valence-electron chi connectivity index (χ0n) is 11.3. The van der Waals surface area contributed by atoms with Gasteiger partial charge in [-0.3, -0.25) is 4.57 Å². The number of nitrogens with zero attached hydrogens (tertiary/aromatic N) is 2. The molecule has 4 heteroatoms. The number of thiocarbonyl (C=S) groups is 1. The largest absolute Gasteiger partial charge is 0.291 e. The average Bonchev–Trinajstić information content (AvgIpc) is 3.09. The van der Waals surface area contributed by atoms with Crippen LogP contribution in [0.25, 0.3) is 0 Å². The van der Waals surface area contributed by atoms with E-state index in [0.717, 1.165) is 4.32 Å². The first-order valence-corrected chi connectivity index (χ1v) is 7.92. The van der Waals surface area contributed by atoms with Crippen LogP contribution < -0.4 is 0 Å². The number of thioether (sulfide) groups is 1. The second-order valence-corrected chi connectivity index (χ2v) is 6.29. The lowest BCUT2D eigenvalue weighted by Gasteiger charge is -2.18. The maximum atomic E-state index is 5.54. The number of rotatable bonds is 3. The van der Waals surface area contributed by atoms with E-state index in [2.05, 4.69) is 53.5 Å². The van der Waals surface area contributed by atoms with Crippen molar-refractivity contribution in [1.82, 2.24) is 9.55 Å². The Kier molecular flexibility index (Phi) is 4.48. The molecule has 0 fully saturated rings. The smallest absolute Gasteiger partial charge is 0.146 e. The summed E-state index contributed by atoms with van der Waals surface area (Å²) in [5.41, 5.74) is 2.49. The lowest BCUT2D eigenvalue weighted by atomic mass is 10.0. The molecule has 0 N–H and O–H groups in total. The minimum atomic E-state index is 0.183. The van der Waals surface area contributed by atoms with Gasteiger partial charge in [-0.15, -0.1) is 0 Å². The van der Waals surface area contributed by atoms with Crippen molar-refractivity contribution in [3.8, 4) is 0 Å². The predicted molar refractivity (Wildman–Crippen MR) is 92.5 cm³/mol. The Hall–Kier alpha value is -1.91. The molecule has 21 heavy (non-hydrogen) atoms. The van der Waals surface area contributed by atoms with Crippen LogP contribution in [-0.4, -0.2) is 13.9 Å². The van der Waals surface area contributed by atoms with E-state index in [9.17, 15) is 0 Å². The Morgan fingerprint density at radius 2 is 1.52 bits per heavy atom. The van der Waals surface area contributed by atoms with Gasteiger partial charge in [-0.2, -0.15) is 0 Å². The van der Waals surface area contributed by atoms with Gasteiger partial charge in [-0.1, -0.05) is 84.6 Å². The van der Waals surface area contributed by atoms with Crippen molar-refractivity contribution in [3.05, 3.63) is 90.5 Å². The van der Waals surface area contributed by atoms with Gasteiger partial charge < -0.3 is 0 Å². The average molecular weight is 310 g/mol. The maximum Gasteiger partial charge on any atom is 0.146 e. The van der Waals surface area contributed by atoms with Crippen LogP contribution in [0.4, 0.5) is 0 Å². The SMILES string of the molecule is S=C(SC(c1ccccc1)c1ccccc1)n1ccnc1. The summed E-state index contributed by atoms with van der Waals surface area (Å²) in [5.74, 6) is 0. The molecule has 0 amide bonds. The Bertz CT molecular complexity index is 655. The van der Waals surface area contributed by atoms with Gasteiger partial charge in [0.25, 0.3) is 0 Å². The summed E-state index contributed by atoms with van der Waals surface area (Å²) in [5, 5.41) is 0.183. The van der Waals surface area contributed by atoms with Crippen molar-refractivity contribution in [3.63, 3.8) is 0 Å². The Balaban J connectivity index is 1.92. The summed E-state index contributed by atoms with van der Waals surface area (Å²) in [6, 6.07) is 20.9. The summed E-state index contributed by atoms with van der Waals surface area (Å²) >= 11 is 7.20. The molecule has 1 heterocycles. The van der Waals surface area contributed by atoms with Gasteiger partial charge in [0.2, 0.25) is 0 Å². The van der Waals surface area contributed by atoms with Crippen LogP contribution in [0.2, 0.25) is 0 Å². The molecule has 3 rings (SSSR count).